The highest BCUT2D eigenvalue weighted by Crippen LogP contribution is 2.38. The van der Waals surface area contributed by atoms with Gasteiger partial charge in [-0.3, -0.25) is 9.59 Å². The van der Waals surface area contributed by atoms with Crippen molar-refractivity contribution in [2.45, 2.75) is 130 Å². The van der Waals surface area contributed by atoms with Gasteiger partial charge in [-0.1, -0.05) is 0 Å². The van der Waals surface area contributed by atoms with Crippen LogP contribution >= 0.6 is 0 Å². The van der Waals surface area contributed by atoms with Gasteiger partial charge in [0.2, 0.25) is 5.79 Å². The Labute approximate surface area is 288 Å². The summed E-state index contributed by atoms with van der Waals surface area (Å²) in [6.07, 6.45) is -33.3. The van der Waals surface area contributed by atoms with Crippen molar-refractivity contribution in [2.24, 2.45) is 0 Å². The molecule has 0 aromatic heterocycles. The second kappa shape index (κ2) is 17.5. The van der Waals surface area contributed by atoms with E-state index in [9.17, 15) is 70.9 Å². The second-order valence-corrected chi connectivity index (χ2v) is 12.4. The van der Waals surface area contributed by atoms with E-state index in [-0.39, 0.29) is 0 Å². The number of rotatable bonds is 13. The number of esters is 2. The fourth-order valence-corrected chi connectivity index (χ4v) is 5.97. The quantitative estimate of drug-likeness (QED) is 0.0777. The largest absolute Gasteiger partial charge is 0.463 e. The number of carbonyl (C=O) groups is 2. The van der Waals surface area contributed by atoms with Crippen LogP contribution in [0.3, 0.4) is 0 Å². The van der Waals surface area contributed by atoms with E-state index in [2.05, 4.69) is 0 Å². The summed E-state index contributed by atoms with van der Waals surface area (Å²) < 4.78 is 48.7. The summed E-state index contributed by atoms with van der Waals surface area (Å²) in [5.74, 6) is -4.18. The lowest BCUT2D eigenvalue weighted by Gasteiger charge is -2.48. The van der Waals surface area contributed by atoms with E-state index >= 15 is 0 Å². The number of ether oxygens (including phenoxy) is 9. The molecule has 0 aromatic carbocycles. The first-order chi connectivity index (χ1) is 24.0. The van der Waals surface area contributed by atoms with Crippen molar-refractivity contribution < 1.29 is 113 Å². The van der Waals surface area contributed by atoms with Gasteiger partial charge in [0.1, 0.15) is 111 Å². The molecule has 0 aromatic rings. The molecule has 4 fully saturated rings. The number of aliphatic hydroxyl groups excluding tert-OH is 12. The molecule has 296 valence electrons. The Bertz CT molecular complexity index is 1150. The first-order valence-corrected chi connectivity index (χ1v) is 15.8. The van der Waals surface area contributed by atoms with Crippen LogP contribution in [-0.2, 0) is 52.2 Å². The molecule has 0 unspecified atom stereocenters. The molecule has 4 aliphatic heterocycles. The summed E-state index contributed by atoms with van der Waals surface area (Å²) in [4.78, 5) is 23.2. The molecular weight excluding hydrogens is 704 g/mol. The molecule has 0 aliphatic carbocycles. The van der Waals surface area contributed by atoms with E-state index in [4.69, 9.17) is 42.6 Å². The van der Waals surface area contributed by atoms with E-state index in [1.54, 1.807) is 0 Å². The number of aliphatic hydroxyl groups is 12. The molecule has 51 heavy (non-hydrogen) atoms. The summed E-state index contributed by atoms with van der Waals surface area (Å²) in [6.45, 7) is -2.15. The van der Waals surface area contributed by atoms with Gasteiger partial charge in [-0.05, 0) is 0 Å². The fourth-order valence-electron chi connectivity index (χ4n) is 5.97. The second-order valence-electron chi connectivity index (χ2n) is 12.4. The molecule has 4 rings (SSSR count). The van der Waals surface area contributed by atoms with Gasteiger partial charge in [0.05, 0.1) is 13.2 Å². The average molecular weight is 751 g/mol. The molecule has 0 spiro atoms. The maximum Gasteiger partial charge on any atom is 0.302 e. The van der Waals surface area contributed by atoms with Crippen LogP contribution in [0, 0.1) is 0 Å². The molecule has 12 N–H and O–H groups in total. The summed E-state index contributed by atoms with van der Waals surface area (Å²) in [7, 11) is 0. The summed E-state index contributed by atoms with van der Waals surface area (Å²) in [5.41, 5.74) is 0. The van der Waals surface area contributed by atoms with Crippen LogP contribution in [0.15, 0.2) is 0 Å². The predicted octanol–water partition coefficient (Wildman–Crippen LogP) is -8.61. The van der Waals surface area contributed by atoms with E-state index in [0.29, 0.717) is 0 Å². The minimum atomic E-state index is -2.52. The molecule has 0 amide bonds. The highest BCUT2D eigenvalue weighted by atomic mass is 16.8. The predicted molar refractivity (Wildman–Crippen MR) is 153 cm³/mol. The highest BCUT2D eigenvalue weighted by Gasteiger charge is 2.60. The summed E-state index contributed by atoms with van der Waals surface area (Å²) >= 11 is 0. The lowest BCUT2D eigenvalue weighted by atomic mass is 9.96. The van der Waals surface area contributed by atoms with E-state index < -0.39 is 161 Å². The average Bonchev–Trinajstić information content (AvgIpc) is 3.34. The Hall–Kier alpha value is -1.82. The Balaban J connectivity index is 1.58. The van der Waals surface area contributed by atoms with Gasteiger partial charge in [-0.2, -0.15) is 0 Å². The molecule has 4 saturated heterocycles. The minimum absolute atomic E-state index is 0.693. The van der Waals surface area contributed by atoms with Crippen molar-refractivity contribution in [2.75, 3.05) is 33.0 Å². The Kier molecular flexibility index (Phi) is 14.4. The first kappa shape index (κ1) is 41.9. The van der Waals surface area contributed by atoms with Crippen LogP contribution in [0.2, 0.25) is 0 Å². The van der Waals surface area contributed by atoms with Crippen molar-refractivity contribution in [3.63, 3.8) is 0 Å². The van der Waals surface area contributed by atoms with Gasteiger partial charge in [-0.15, -0.1) is 0 Å². The highest BCUT2D eigenvalue weighted by molar-refractivity contribution is 5.66. The van der Waals surface area contributed by atoms with E-state index in [1.807, 2.05) is 0 Å². The third kappa shape index (κ3) is 8.94. The lowest BCUT2D eigenvalue weighted by Crippen LogP contribution is -2.67. The van der Waals surface area contributed by atoms with Crippen LogP contribution in [0.5, 0.6) is 0 Å². The molecule has 4 heterocycles. The smallest absolute Gasteiger partial charge is 0.302 e. The van der Waals surface area contributed by atoms with Crippen LogP contribution < -0.4 is 0 Å². The Morgan fingerprint density at radius 1 is 0.549 bits per heavy atom. The van der Waals surface area contributed by atoms with Gasteiger partial charge >= 0.3 is 11.9 Å². The Morgan fingerprint density at radius 3 is 1.59 bits per heavy atom. The third-order valence-electron chi connectivity index (χ3n) is 8.84. The molecule has 19 atom stereocenters. The molecule has 0 saturated carbocycles. The molecule has 0 radical (unpaired) electrons. The molecule has 23 heteroatoms. The van der Waals surface area contributed by atoms with Crippen LogP contribution in [0.1, 0.15) is 13.8 Å². The van der Waals surface area contributed by atoms with Crippen molar-refractivity contribution >= 4 is 11.9 Å². The zero-order valence-electron chi connectivity index (χ0n) is 27.3. The van der Waals surface area contributed by atoms with Gasteiger partial charge in [-0.25, -0.2) is 0 Å². The van der Waals surface area contributed by atoms with Gasteiger partial charge in [0, 0.05) is 13.8 Å². The first-order valence-electron chi connectivity index (χ1n) is 15.8. The molecule has 4 aliphatic rings. The lowest BCUT2D eigenvalue weighted by molar-refractivity contribution is -0.403. The molecular formula is C28H46O23. The van der Waals surface area contributed by atoms with Crippen LogP contribution in [0.4, 0.5) is 0 Å². The zero-order valence-corrected chi connectivity index (χ0v) is 27.3. The van der Waals surface area contributed by atoms with Crippen molar-refractivity contribution in [3.8, 4) is 0 Å². The summed E-state index contributed by atoms with van der Waals surface area (Å²) in [6, 6.07) is 0. The standard InChI is InChI=1S/C28H46O23/c1-8(32)43-5-12-15(35)23(21(41)27(46-12)51-28(7-31)24(42)16(36)11(4-30)50-28)49-26-20(40)18(38)22(13(47-26)6-44-9(2)33)48-25-19(39)17(37)14(34)10(3-29)45-25/h10-27,29-31,34-42H,3-7H2,1-2H3/t10-,11-,12-,13-,14-,15-,16-,17+,18-,19-,20-,21-,22-,23+,24+,25+,26+,27-,28+/m1/s1. The Morgan fingerprint density at radius 2 is 1.06 bits per heavy atom. The van der Waals surface area contributed by atoms with Crippen LogP contribution in [0.25, 0.3) is 0 Å². The summed E-state index contributed by atoms with van der Waals surface area (Å²) in [5, 5.41) is 125. The topological polar surface area (TPSA) is 360 Å². The molecule has 23 nitrogen and oxygen atoms in total. The van der Waals surface area contributed by atoms with Crippen molar-refractivity contribution in [3.05, 3.63) is 0 Å². The third-order valence-corrected chi connectivity index (χ3v) is 8.84. The van der Waals surface area contributed by atoms with Crippen LogP contribution in [-0.4, -0.2) is 222 Å². The van der Waals surface area contributed by atoms with Crippen molar-refractivity contribution in [1.29, 1.82) is 0 Å². The van der Waals surface area contributed by atoms with Gasteiger partial charge in [0.25, 0.3) is 0 Å². The number of hydrogen-bond acceptors (Lipinski definition) is 23. The fraction of sp³-hybridized carbons (Fsp3) is 0.929. The number of hydrogen-bond donors (Lipinski definition) is 12. The minimum Gasteiger partial charge on any atom is -0.463 e. The SMILES string of the molecule is CC(=O)OC[C@H]1O[C@H](O[C@]2(CO)O[C@H](CO)[C@@H](O)[C@@H]2O)[C@H](O)[C@@H](O[C@@H]2O[C@H](COC(C)=O)[C@@H](O[C@@H]3O[C@H](CO)[C@@H](O)[C@H](O)[C@H]3O)[C@H](O)[C@H]2O)[C@@H]1O. The zero-order chi connectivity index (χ0) is 37.9. The van der Waals surface area contributed by atoms with E-state index in [0.717, 1.165) is 13.8 Å². The van der Waals surface area contributed by atoms with E-state index in [1.165, 1.54) is 0 Å². The number of carbonyl (C=O) groups excluding carboxylic acids is 2. The maximum absolute atomic E-state index is 11.7. The monoisotopic (exact) mass is 750 g/mol. The molecule has 0 bridgehead atoms. The normalized spacial score (nSPS) is 47.6. The maximum atomic E-state index is 11.7. The van der Waals surface area contributed by atoms with Gasteiger partial charge < -0.3 is 104 Å². The van der Waals surface area contributed by atoms with Gasteiger partial charge in [0.15, 0.2) is 18.9 Å². The van der Waals surface area contributed by atoms with Crippen molar-refractivity contribution in [1.82, 2.24) is 0 Å².